The zero-order valence-corrected chi connectivity index (χ0v) is 11.3. The Balaban J connectivity index is 2.18. The summed E-state index contributed by atoms with van der Waals surface area (Å²) >= 11 is 0. The van der Waals surface area contributed by atoms with Gasteiger partial charge in [-0.05, 0) is 32.8 Å². The summed E-state index contributed by atoms with van der Waals surface area (Å²) in [7, 11) is 0. The number of ether oxygens (including phenoxy) is 1. The van der Waals surface area contributed by atoms with Crippen molar-refractivity contribution in [3.63, 3.8) is 0 Å². The van der Waals surface area contributed by atoms with Gasteiger partial charge in [-0.3, -0.25) is 0 Å². The van der Waals surface area contributed by atoms with E-state index in [-0.39, 0.29) is 11.8 Å². The summed E-state index contributed by atoms with van der Waals surface area (Å²) in [4.78, 5) is 21.5. The van der Waals surface area contributed by atoms with E-state index in [1.54, 1.807) is 6.92 Å². The fourth-order valence-corrected chi connectivity index (χ4v) is 2.30. The lowest BCUT2D eigenvalue weighted by molar-refractivity contribution is 0.0523. The summed E-state index contributed by atoms with van der Waals surface area (Å²) in [5.74, 6) is -0.535. The summed E-state index contributed by atoms with van der Waals surface area (Å²) in [6, 6.07) is 1.48. The number of aromatic nitrogens is 2. The maximum Gasteiger partial charge on any atom is 0.354 e. The molecule has 0 saturated carbocycles. The van der Waals surface area contributed by atoms with Crippen LogP contribution in [-0.4, -0.2) is 46.8 Å². The van der Waals surface area contributed by atoms with E-state index in [1.807, 2.05) is 11.8 Å². The molecule has 1 aromatic heterocycles. The Hall–Kier alpha value is -1.69. The summed E-state index contributed by atoms with van der Waals surface area (Å²) in [6.45, 7) is 6.00. The molecular formula is C13H19N3O3. The second-order valence-corrected chi connectivity index (χ2v) is 4.67. The molecular weight excluding hydrogens is 246 g/mol. The van der Waals surface area contributed by atoms with Crippen molar-refractivity contribution in [2.75, 3.05) is 24.6 Å². The number of hydrogen-bond donors (Lipinski definition) is 1. The Morgan fingerprint density at radius 1 is 1.58 bits per heavy atom. The number of aromatic carboxylic acids is 1. The Morgan fingerprint density at radius 2 is 2.37 bits per heavy atom. The number of anilines is 1. The van der Waals surface area contributed by atoms with Crippen molar-refractivity contribution in [1.82, 2.24) is 9.97 Å². The molecule has 1 aliphatic heterocycles. The number of piperidine rings is 1. The van der Waals surface area contributed by atoms with Crippen LogP contribution in [0, 0.1) is 6.92 Å². The van der Waals surface area contributed by atoms with E-state index < -0.39 is 5.97 Å². The fourth-order valence-electron chi connectivity index (χ4n) is 2.30. The van der Waals surface area contributed by atoms with Crippen LogP contribution in [0.2, 0.25) is 0 Å². The van der Waals surface area contributed by atoms with Gasteiger partial charge in [0.05, 0.1) is 6.10 Å². The molecule has 19 heavy (non-hydrogen) atoms. The molecule has 2 rings (SSSR count). The molecule has 1 aromatic rings. The van der Waals surface area contributed by atoms with Gasteiger partial charge < -0.3 is 14.7 Å². The topological polar surface area (TPSA) is 75.5 Å². The van der Waals surface area contributed by atoms with Gasteiger partial charge in [0.15, 0.2) is 5.69 Å². The van der Waals surface area contributed by atoms with Crippen molar-refractivity contribution in [3.05, 3.63) is 17.5 Å². The van der Waals surface area contributed by atoms with E-state index in [2.05, 4.69) is 9.97 Å². The second kappa shape index (κ2) is 5.97. The third-order valence-electron chi connectivity index (χ3n) is 3.12. The molecule has 1 fully saturated rings. The molecule has 0 radical (unpaired) electrons. The van der Waals surface area contributed by atoms with E-state index in [4.69, 9.17) is 9.84 Å². The largest absolute Gasteiger partial charge is 0.477 e. The Morgan fingerprint density at radius 3 is 3.05 bits per heavy atom. The number of rotatable bonds is 4. The smallest absolute Gasteiger partial charge is 0.354 e. The van der Waals surface area contributed by atoms with Crippen LogP contribution in [0.4, 0.5) is 5.95 Å². The predicted molar refractivity (Wildman–Crippen MR) is 70.6 cm³/mol. The lowest BCUT2D eigenvalue weighted by Gasteiger charge is -2.32. The van der Waals surface area contributed by atoms with Gasteiger partial charge in [0.2, 0.25) is 5.95 Å². The van der Waals surface area contributed by atoms with Crippen LogP contribution < -0.4 is 4.90 Å². The number of aryl methyl sites for hydroxylation is 1. The number of hydrogen-bond acceptors (Lipinski definition) is 5. The minimum absolute atomic E-state index is 0.0426. The fraction of sp³-hybridized carbons (Fsp3) is 0.615. The molecule has 1 saturated heterocycles. The lowest BCUT2D eigenvalue weighted by atomic mass is 10.1. The number of carboxylic acids is 1. The van der Waals surface area contributed by atoms with Crippen LogP contribution in [0.3, 0.4) is 0 Å². The summed E-state index contributed by atoms with van der Waals surface area (Å²) < 4.78 is 5.63. The third-order valence-corrected chi connectivity index (χ3v) is 3.12. The molecule has 1 N–H and O–H groups in total. The highest BCUT2D eigenvalue weighted by Crippen LogP contribution is 2.19. The molecule has 0 bridgehead atoms. The molecule has 104 valence electrons. The maximum absolute atomic E-state index is 11.0. The van der Waals surface area contributed by atoms with Crippen molar-refractivity contribution >= 4 is 11.9 Å². The summed E-state index contributed by atoms with van der Waals surface area (Å²) in [6.07, 6.45) is 2.21. The van der Waals surface area contributed by atoms with Gasteiger partial charge in [0, 0.05) is 25.4 Å². The van der Waals surface area contributed by atoms with Gasteiger partial charge in [-0.1, -0.05) is 0 Å². The molecule has 6 heteroatoms. The molecule has 1 atom stereocenters. The number of carbonyl (C=O) groups is 1. The highest BCUT2D eigenvalue weighted by molar-refractivity contribution is 5.85. The van der Waals surface area contributed by atoms with Gasteiger partial charge in [-0.15, -0.1) is 0 Å². The van der Waals surface area contributed by atoms with Crippen LogP contribution in [-0.2, 0) is 4.74 Å². The van der Waals surface area contributed by atoms with Crippen molar-refractivity contribution in [2.45, 2.75) is 32.8 Å². The molecule has 0 amide bonds. The van der Waals surface area contributed by atoms with E-state index in [9.17, 15) is 4.79 Å². The van der Waals surface area contributed by atoms with Gasteiger partial charge in [-0.2, -0.15) is 0 Å². The minimum Gasteiger partial charge on any atom is -0.477 e. The first kappa shape index (κ1) is 13.7. The van der Waals surface area contributed by atoms with Crippen LogP contribution in [0.1, 0.15) is 35.9 Å². The minimum atomic E-state index is -1.02. The van der Waals surface area contributed by atoms with Gasteiger partial charge in [0.1, 0.15) is 0 Å². The molecule has 1 aliphatic rings. The normalized spacial score (nSPS) is 19.5. The average molecular weight is 265 g/mol. The monoisotopic (exact) mass is 265 g/mol. The van der Waals surface area contributed by atoms with Crippen LogP contribution in [0.25, 0.3) is 0 Å². The average Bonchev–Trinajstić information content (AvgIpc) is 2.38. The Bertz CT molecular complexity index is 462. The first-order valence-corrected chi connectivity index (χ1v) is 6.55. The summed E-state index contributed by atoms with van der Waals surface area (Å²) in [5.41, 5.74) is 0.710. The van der Waals surface area contributed by atoms with E-state index in [0.717, 1.165) is 25.9 Å². The molecule has 0 aromatic carbocycles. The lowest BCUT2D eigenvalue weighted by Crippen LogP contribution is -2.40. The molecule has 1 unspecified atom stereocenters. The van der Waals surface area contributed by atoms with Crippen LogP contribution >= 0.6 is 0 Å². The third kappa shape index (κ3) is 3.41. The van der Waals surface area contributed by atoms with Crippen molar-refractivity contribution in [1.29, 1.82) is 0 Å². The first-order valence-electron chi connectivity index (χ1n) is 6.55. The first-order chi connectivity index (χ1) is 9.10. The van der Waals surface area contributed by atoms with Crippen LogP contribution in [0.15, 0.2) is 6.07 Å². The van der Waals surface area contributed by atoms with Gasteiger partial charge >= 0.3 is 5.97 Å². The van der Waals surface area contributed by atoms with E-state index in [1.165, 1.54) is 6.07 Å². The Labute approximate surface area is 112 Å². The van der Waals surface area contributed by atoms with Crippen molar-refractivity contribution < 1.29 is 14.6 Å². The predicted octanol–water partition coefficient (Wildman–Crippen LogP) is 1.49. The van der Waals surface area contributed by atoms with E-state index in [0.29, 0.717) is 18.2 Å². The maximum atomic E-state index is 11.0. The van der Waals surface area contributed by atoms with Gasteiger partial charge in [-0.25, -0.2) is 14.8 Å². The highest BCUT2D eigenvalue weighted by atomic mass is 16.5. The quantitative estimate of drug-likeness (QED) is 0.889. The van der Waals surface area contributed by atoms with E-state index >= 15 is 0 Å². The molecule has 0 spiro atoms. The SMILES string of the molecule is CCOC1CCCN(c2nc(C)cc(C(=O)O)n2)C1. The second-order valence-electron chi connectivity index (χ2n) is 4.67. The zero-order valence-electron chi connectivity index (χ0n) is 11.3. The summed E-state index contributed by atoms with van der Waals surface area (Å²) in [5, 5.41) is 9.03. The van der Waals surface area contributed by atoms with Crippen molar-refractivity contribution in [3.8, 4) is 0 Å². The zero-order chi connectivity index (χ0) is 13.8. The highest BCUT2D eigenvalue weighted by Gasteiger charge is 2.23. The van der Waals surface area contributed by atoms with Crippen molar-refractivity contribution in [2.24, 2.45) is 0 Å². The number of carboxylic acid groups (broad SMARTS) is 1. The number of nitrogens with zero attached hydrogens (tertiary/aromatic N) is 3. The Kier molecular flexibility index (Phi) is 4.31. The standard InChI is InChI=1S/C13H19N3O3/c1-3-19-10-5-4-6-16(8-10)13-14-9(2)7-11(15-13)12(17)18/h7,10H,3-6,8H2,1-2H3,(H,17,18). The molecule has 0 aliphatic carbocycles. The molecule has 2 heterocycles. The molecule has 6 nitrogen and oxygen atoms in total. The van der Waals surface area contributed by atoms with Crippen LogP contribution in [0.5, 0.6) is 0 Å². The van der Waals surface area contributed by atoms with Gasteiger partial charge in [0.25, 0.3) is 0 Å².